The monoisotopic (exact) mass is 309 g/mol. The maximum atomic E-state index is 6.01. The Morgan fingerprint density at radius 1 is 1.09 bits per heavy atom. The van der Waals surface area contributed by atoms with Crippen LogP contribution in [0.4, 0.5) is 0 Å². The zero-order valence-corrected chi connectivity index (χ0v) is 13.7. The summed E-state index contributed by atoms with van der Waals surface area (Å²) >= 11 is 0. The number of likely N-dealkylation sites (tertiary alicyclic amines) is 1. The SMILES string of the molecule is COc1cccc2c1[C@@H]1CN(C(C)c3ccccc3)C[C@H]1CO2. The molecule has 2 aromatic rings. The molecule has 0 spiro atoms. The van der Waals surface area contributed by atoms with Crippen LogP contribution in [-0.2, 0) is 0 Å². The second-order valence-corrected chi connectivity index (χ2v) is 6.59. The third kappa shape index (κ3) is 2.49. The van der Waals surface area contributed by atoms with Gasteiger partial charge in [-0.2, -0.15) is 0 Å². The standard InChI is InChI=1S/C20H23NO2/c1-14(15-7-4-3-5-8-15)21-11-16-13-23-19-10-6-9-18(22-2)20(19)17(16)12-21/h3-10,14,16-17H,11-13H2,1-2H3/t14?,16-,17+/m0/s1. The number of fused-ring (bicyclic) bond motifs is 3. The summed E-state index contributed by atoms with van der Waals surface area (Å²) in [6, 6.07) is 17.3. The first kappa shape index (κ1) is 14.6. The van der Waals surface area contributed by atoms with Gasteiger partial charge in [0, 0.05) is 36.5 Å². The molecule has 4 rings (SSSR count). The lowest BCUT2D eigenvalue weighted by Crippen LogP contribution is -2.26. The number of hydrogen-bond acceptors (Lipinski definition) is 3. The van der Waals surface area contributed by atoms with E-state index < -0.39 is 0 Å². The number of ether oxygens (including phenoxy) is 2. The first-order chi connectivity index (χ1) is 11.3. The Morgan fingerprint density at radius 2 is 1.91 bits per heavy atom. The average molecular weight is 309 g/mol. The van der Waals surface area contributed by atoms with Crippen molar-refractivity contribution in [3.8, 4) is 11.5 Å². The first-order valence-corrected chi connectivity index (χ1v) is 8.36. The van der Waals surface area contributed by atoms with Gasteiger partial charge in [0.05, 0.1) is 13.7 Å². The molecule has 3 nitrogen and oxygen atoms in total. The van der Waals surface area contributed by atoms with E-state index in [1.807, 2.05) is 12.1 Å². The van der Waals surface area contributed by atoms with Crippen molar-refractivity contribution in [1.29, 1.82) is 0 Å². The number of hydrogen-bond donors (Lipinski definition) is 0. The van der Waals surface area contributed by atoms with Crippen LogP contribution in [0.2, 0.25) is 0 Å². The van der Waals surface area contributed by atoms with Gasteiger partial charge in [-0.25, -0.2) is 0 Å². The van der Waals surface area contributed by atoms with Crippen molar-refractivity contribution in [2.24, 2.45) is 5.92 Å². The van der Waals surface area contributed by atoms with E-state index in [0.29, 0.717) is 17.9 Å². The third-order valence-electron chi connectivity index (χ3n) is 5.37. The van der Waals surface area contributed by atoms with Crippen LogP contribution in [-0.4, -0.2) is 31.7 Å². The van der Waals surface area contributed by atoms with Crippen LogP contribution < -0.4 is 9.47 Å². The Hall–Kier alpha value is -2.00. The molecule has 2 heterocycles. The Morgan fingerprint density at radius 3 is 2.70 bits per heavy atom. The molecule has 23 heavy (non-hydrogen) atoms. The van der Waals surface area contributed by atoms with E-state index in [9.17, 15) is 0 Å². The molecular weight excluding hydrogens is 286 g/mol. The van der Waals surface area contributed by atoms with Gasteiger partial charge >= 0.3 is 0 Å². The lowest BCUT2D eigenvalue weighted by atomic mass is 9.86. The fraction of sp³-hybridized carbons (Fsp3) is 0.400. The van der Waals surface area contributed by atoms with Crippen molar-refractivity contribution in [3.63, 3.8) is 0 Å². The molecule has 1 saturated heterocycles. The van der Waals surface area contributed by atoms with Crippen LogP contribution in [0.5, 0.6) is 11.5 Å². The fourth-order valence-electron chi connectivity index (χ4n) is 4.05. The summed E-state index contributed by atoms with van der Waals surface area (Å²) in [5.41, 5.74) is 2.64. The van der Waals surface area contributed by atoms with E-state index in [-0.39, 0.29) is 0 Å². The predicted octanol–water partition coefficient (Wildman–Crippen LogP) is 3.86. The van der Waals surface area contributed by atoms with Crippen molar-refractivity contribution in [1.82, 2.24) is 4.90 Å². The minimum Gasteiger partial charge on any atom is -0.496 e. The van der Waals surface area contributed by atoms with E-state index in [1.54, 1.807) is 7.11 Å². The summed E-state index contributed by atoms with van der Waals surface area (Å²) in [5, 5.41) is 0. The molecule has 120 valence electrons. The minimum atomic E-state index is 0.431. The van der Waals surface area contributed by atoms with Crippen molar-refractivity contribution >= 4 is 0 Å². The van der Waals surface area contributed by atoms with Crippen molar-refractivity contribution < 1.29 is 9.47 Å². The highest BCUT2D eigenvalue weighted by Gasteiger charge is 2.41. The van der Waals surface area contributed by atoms with Gasteiger partial charge in [-0.05, 0) is 24.6 Å². The molecule has 2 aromatic carbocycles. The molecule has 0 amide bonds. The summed E-state index contributed by atoms with van der Waals surface area (Å²) in [4.78, 5) is 2.58. The lowest BCUT2D eigenvalue weighted by Gasteiger charge is -2.29. The Labute approximate surface area is 137 Å². The molecule has 1 fully saturated rings. The van der Waals surface area contributed by atoms with E-state index >= 15 is 0 Å². The van der Waals surface area contributed by atoms with Gasteiger partial charge in [-0.3, -0.25) is 4.90 Å². The summed E-state index contributed by atoms with van der Waals surface area (Å²) in [6.45, 7) is 5.26. The van der Waals surface area contributed by atoms with Gasteiger partial charge in [0.25, 0.3) is 0 Å². The van der Waals surface area contributed by atoms with Gasteiger partial charge in [-0.15, -0.1) is 0 Å². The first-order valence-electron chi connectivity index (χ1n) is 8.36. The van der Waals surface area contributed by atoms with Gasteiger partial charge < -0.3 is 9.47 Å². The van der Waals surface area contributed by atoms with Crippen molar-refractivity contribution in [2.75, 3.05) is 26.8 Å². The molecule has 3 atom stereocenters. The minimum absolute atomic E-state index is 0.431. The molecule has 1 unspecified atom stereocenters. The smallest absolute Gasteiger partial charge is 0.126 e. The molecule has 0 aliphatic carbocycles. The summed E-state index contributed by atoms with van der Waals surface area (Å²) in [5.74, 6) is 3.01. The van der Waals surface area contributed by atoms with Gasteiger partial charge in [0.2, 0.25) is 0 Å². The third-order valence-corrected chi connectivity index (χ3v) is 5.37. The highest BCUT2D eigenvalue weighted by Crippen LogP contribution is 2.47. The molecule has 2 aliphatic heterocycles. The largest absolute Gasteiger partial charge is 0.496 e. The Bertz CT molecular complexity index is 671. The van der Waals surface area contributed by atoms with Crippen LogP contribution in [0.1, 0.15) is 30.0 Å². The molecule has 3 heteroatoms. The van der Waals surface area contributed by atoms with Crippen molar-refractivity contribution in [3.05, 3.63) is 59.7 Å². The highest BCUT2D eigenvalue weighted by atomic mass is 16.5. The topological polar surface area (TPSA) is 21.7 Å². The lowest BCUT2D eigenvalue weighted by molar-refractivity contribution is 0.201. The van der Waals surface area contributed by atoms with E-state index in [1.165, 1.54) is 11.1 Å². The maximum Gasteiger partial charge on any atom is 0.126 e. The molecule has 0 radical (unpaired) electrons. The van der Waals surface area contributed by atoms with Crippen LogP contribution in [0, 0.1) is 5.92 Å². The number of benzene rings is 2. The normalized spacial score (nSPS) is 24.4. The van der Waals surface area contributed by atoms with Crippen LogP contribution in [0.25, 0.3) is 0 Å². The quantitative estimate of drug-likeness (QED) is 0.859. The Kier molecular flexibility index (Phi) is 3.74. The van der Waals surface area contributed by atoms with Crippen LogP contribution >= 0.6 is 0 Å². The summed E-state index contributed by atoms with van der Waals surface area (Å²) in [7, 11) is 1.75. The van der Waals surface area contributed by atoms with Crippen LogP contribution in [0.15, 0.2) is 48.5 Å². The van der Waals surface area contributed by atoms with E-state index in [2.05, 4.69) is 48.2 Å². The fourth-order valence-corrected chi connectivity index (χ4v) is 4.05. The number of nitrogens with zero attached hydrogens (tertiary/aromatic N) is 1. The zero-order valence-electron chi connectivity index (χ0n) is 13.7. The summed E-state index contributed by atoms with van der Waals surface area (Å²) < 4.78 is 11.6. The van der Waals surface area contributed by atoms with Crippen LogP contribution in [0.3, 0.4) is 0 Å². The molecule has 2 aliphatic rings. The molecule has 0 N–H and O–H groups in total. The maximum absolute atomic E-state index is 6.01. The predicted molar refractivity (Wildman–Crippen MR) is 91.2 cm³/mol. The summed E-state index contributed by atoms with van der Waals surface area (Å²) in [6.07, 6.45) is 0. The zero-order chi connectivity index (χ0) is 15.8. The molecular formula is C20H23NO2. The van der Waals surface area contributed by atoms with Crippen molar-refractivity contribution in [2.45, 2.75) is 18.9 Å². The Balaban J connectivity index is 1.62. The average Bonchev–Trinajstić information content (AvgIpc) is 3.05. The van der Waals surface area contributed by atoms with Gasteiger partial charge in [0.15, 0.2) is 0 Å². The molecule has 0 aromatic heterocycles. The number of rotatable bonds is 3. The van der Waals surface area contributed by atoms with E-state index in [4.69, 9.17) is 9.47 Å². The van der Waals surface area contributed by atoms with E-state index in [0.717, 1.165) is 31.2 Å². The second-order valence-electron chi connectivity index (χ2n) is 6.59. The molecule has 0 saturated carbocycles. The molecule has 0 bridgehead atoms. The second kappa shape index (κ2) is 5.89. The highest BCUT2D eigenvalue weighted by molar-refractivity contribution is 5.49. The van der Waals surface area contributed by atoms with Gasteiger partial charge in [-0.1, -0.05) is 36.4 Å². The number of methoxy groups -OCH3 is 1. The van der Waals surface area contributed by atoms with Gasteiger partial charge in [0.1, 0.15) is 11.5 Å².